The number of hydrogen-bond donors (Lipinski definition) is 1. The van der Waals surface area contributed by atoms with Crippen LogP contribution in [0.2, 0.25) is 5.02 Å². The predicted octanol–water partition coefficient (Wildman–Crippen LogP) is 3.37. The SMILES string of the molecule is O=C(O)CSc1nc2cc(Cl)ccc2n1Cc1nccs1. The molecule has 2 heterocycles. The van der Waals surface area contributed by atoms with Crippen molar-refractivity contribution in [3.05, 3.63) is 39.8 Å². The van der Waals surface area contributed by atoms with Gasteiger partial charge in [0.15, 0.2) is 5.16 Å². The summed E-state index contributed by atoms with van der Waals surface area (Å²) in [4.78, 5) is 19.5. The van der Waals surface area contributed by atoms with Gasteiger partial charge in [-0.1, -0.05) is 23.4 Å². The molecule has 0 saturated heterocycles. The summed E-state index contributed by atoms with van der Waals surface area (Å²) in [5.41, 5.74) is 1.68. The molecule has 1 aromatic carbocycles. The fourth-order valence-electron chi connectivity index (χ4n) is 1.94. The third-order valence-corrected chi connectivity index (χ3v) is 4.74. The minimum Gasteiger partial charge on any atom is -0.481 e. The van der Waals surface area contributed by atoms with Gasteiger partial charge < -0.3 is 9.67 Å². The molecule has 0 amide bonds. The van der Waals surface area contributed by atoms with Gasteiger partial charge in [0.05, 0.1) is 23.3 Å². The second-order valence-corrected chi connectivity index (χ2v) is 6.58. The van der Waals surface area contributed by atoms with Gasteiger partial charge in [0.1, 0.15) is 5.01 Å². The maximum absolute atomic E-state index is 10.8. The van der Waals surface area contributed by atoms with Crippen LogP contribution in [0.15, 0.2) is 34.9 Å². The van der Waals surface area contributed by atoms with Crippen LogP contribution >= 0.6 is 34.7 Å². The van der Waals surface area contributed by atoms with E-state index in [-0.39, 0.29) is 5.75 Å². The number of thioether (sulfide) groups is 1. The van der Waals surface area contributed by atoms with Crippen LogP contribution in [-0.2, 0) is 11.3 Å². The van der Waals surface area contributed by atoms with E-state index < -0.39 is 5.97 Å². The number of benzene rings is 1. The molecular formula is C13H10ClN3O2S2. The number of imidazole rings is 1. The number of fused-ring (bicyclic) bond motifs is 1. The Kier molecular flexibility index (Phi) is 4.14. The summed E-state index contributed by atoms with van der Waals surface area (Å²) >= 11 is 8.74. The molecule has 3 rings (SSSR count). The largest absolute Gasteiger partial charge is 0.481 e. The number of rotatable bonds is 5. The summed E-state index contributed by atoms with van der Waals surface area (Å²) in [5.74, 6) is -0.902. The molecule has 1 N–H and O–H groups in total. The maximum atomic E-state index is 10.8. The average Bonchev–Trinajstić information content (AvgIpc) is 3.05. The van der Waals surface area contributed by atoms with Gasteiger partial charge in [0, 0.05) is 16.6 Å². The van der Waals surface area contributed by atoms with Crippen LogP contribution in [-0.4, -0.2) is 31.4 Å². The van der Waals surface area contributed by atoms with E-state index in [1.165, 1.54) is 11.8 Å². The number of carbonyl (C=O) groups is 1. The molecule has 0 radical (unpaired) electrons. The molecule has 0 saturated carbocycles. The molecule has 0 aliphatic carbocycles. The zero-order chi connectivity index (χ0) is 14.8. The summed E-state index contributed by atoms with van der Waals surface area (Å²) in [6.07, 6.45) is 1.75. The standard InChI is InChI=1S/C13H10ClN3O2S2/c14-8-1-2-10-9(5-8)16-13(21-7-12(18)19)17(10)6-11-15-3-4-20-11/h1-5H,6-7H2,(H,18,19). The topological polar surface area (TPSA) is 68.0 Å². The molecule has 0 bridgehead atoms. The Morgan fingerprint density at radius 1 is 1.48 bits per heavy atom. The van der Waals surface area contributed by atoms with Crippen molar-refractivity contribution in [1.29, 1.82) is 0 Å². The van der Waals surface area contributed by atoms with Crippen molar-refractivity contribution in [1.82, 2.24) is 14.5 Å². The number of thiazole rings is 1. The highest BCUT2D eigenvalue weighted by Gasteiger charge is 2.14. The van der Waals surface area contributed by atoms with Crippen molar-refractivity contribution in [2.24, 2.45) is 0 Å². The molecule has 0 atom stereocenters. The van der Waals surface area contributed by atoms with Crippen LogP contribution in [0.4, 0.5) is 0 Å². The van der Waals surface area contributed by atoms with Crippen molar-refractivity contribution >= 4 is 51.7 Å². The van der Waals surface area contributed by atoms with Crippen LogP contribution in [0.5, 0.6) is 0 Å². The molecule has 8 heteroatoms. The Labute approximate surface area is 133 Å². The van der Waals surface area contributed by atoms with Gasteiger partial charge in [-0.3, -0.25) is 4.79 Å². The monoisotopic (exact) mass is 339 g/mol. The highest BCUT2D eigenvalue weighted by molar-refractivity contribution is 7.99. The highest BCUT2D eigenvalue weighted by Crippen LogP contribution is 2.27. The van der Waals surface area contributed by atoms with E-state index in [1.807, 2.05) is 16.0 Å². The van der Waals surface area contributed by atoms with Gasteiger partial charge in [0.25, 0.3) is 0 Å². The number of aromatic nitrogens is 3. The molecule has 0 unspecified atom stereocenters. The summed E-state index contributed by atoms with van der Waals surface area (Å²) < 4.78 is 1.97. The Morgan fingerprint density at radius 2 is 2.33 bits per heavy atom. The van der Waals surface area contributed by atoms with E-state index in [4.69, 9.17) is 16.7 Å². The van der Waals surface area contributed by atoms with E-state index in [0.29, 0.717) is 16.7 Å². The lowest BCUT2D eigenvalue weighted by atomic mass is 10.3. The first-order valence-electron chi connectivity index (χ1n) is 6.02. The van der Waals surface area contributed by atoms with E-state index >= 15 is 0 Å². The lowest BCUT2D eigenvalue weighted by Crippen LogP contribution is -2.04. The molecule has 0 aliphatic rings. The minimum absolute atomic E-state index is 0.0328. The van der Waals surface area contributed by atoms with E-state index in [9.17, 15) is 4.79 Å². The zero-order valence-electron chi connectivity index (χ0n) is 10.7. The highest BCUT2D eigenvalue weighted by atomic mass is 35.5. The second-order valence-electron chi connectivity index (χ2n) is 4.22. The Morgan fingerprint density at radius 3 is 3.05 bits per heavy atom. The van der Waals surface area contributed by atoms with Crippen LogP contribution < -0.4 is 0 Å². The van der Waals surface area contributed by atoms with Gasteiger partial charge in [-0.05, 0) is 18.2 Å². The smallest absolute Gasteiger partial charge is 0.313 e. The summed E-state index contributed by atoms with van der Waals surface area (Å²) in [7, 11) is 0. The first kappa shape index (κ1) is 14.4. The van der Waals surface area contributed by atoms with Gasteiger partial charge in [-0.15, -0.1) is 11.3 Å². The van der Waals surface area contributed by atoms with Crippen LogP contribution in [0.1, 0.15) is 5.01 Å². The van der Waals surface area contributed by atoms with E-state index in [2.05, 4.69) is 9.97 Å². The second kappa shape index (κ2) is 6.05. The molecule has 2 aromatic heterocycles. The summed E-state index contributed by atoms with van der Waals surface area (Å²) in [6.45, 7) is 0.567. The summed E-state index contributed by atoms with van der Waals surface area (Å²) in [6, 6.07) is 5.47. The molecular weight excluding hydrogens is 330 g/mol. The van der Waals surface area contributed by atoms with Crippen LogP contribution in [0.25, 0.3) is 11.0 Å². The molecule has 21 heavy (non-hydrogen) atoms. The quantitative estimate of drug-likeness (QED) is 0.722. The molecule has 0 spiro atoms. The number of halogens is 1. The third-order valence-electron chi connectivity index (χ3n) is 2.78. The van der Waals surface area contributed by atoms with Crippen molar-refractivity contribution in [2.75, 3.05) is 5.75 Å². The van der Waals surface area contributed by atoms with Gasteiger partial charge in [-0.2, -0.15) is 0 Å². The molecule has 5 nitrogen and oxygen atoms in total. The van der Waals surface area contributed by atoms with Crippen molar-refractivity contribution < 1.29 is 9.90 Å². The lowest BCUT2D eigenvalue weighted by Gasteiger charge is -2.06. The number of aliphatic carboxylic acids is 1. The van der Waals surface area contributed by atoms with E-state index in [1.54, 1.807) is 29.7 Å². The fourth-order valence-corrected chi connectivity index (χ4v) is 3.44. The lowest BCUT2D eigenvalue weighted by molar-refractivity contribution is -0.133. The predicted molar refractivity (Wildman–Crippen MR) is 84.3 cm³/mol. The average molecular weight is 340 g/mol. The van der Waals surface area contributed by atoms with Crippen LogP contribution in [0, 0.1) is 0 Å². The van der Waals surface area contributed by atoms with Crippen molar-refractivity contribution in [2.45, 2.75) is 11.7 Å². The number of nitrogens with zero attached hydrogens (tertiary/aromatic N) is 3. The third kappa shape index (κ3) is 3.20. The van der Waals surface area contributed by atoms with Crippen LogP contribution in [0.3, 0.4) is 0 Å². The first-order chi connectivity index (χ1) is 10.1. The summed E-state index contributed by atoms with van der Waals surface area (Å²) in [5, 5.41) is 13.0. The fraction of sp³-hybridized carbons (Fsp3) is 0.154. The Balaban J connectivity index is 2.03. The zero-order valence-corrected chi connectivity index (χ0v) is 13.1. The number of carboxylic acids is 1. The van der Waals surface area contributed by atoms with E-state index in [0.717, 1.165) is 16.0 Å². The van der Waals surface area contributed by atoms with Gasteiger partial charge in [0.2, 0.25) is 0 Å². The molecule has 3 aromatic rings. The molecule has 108 valence electrons. The Hall–Kier alpha value is -1.57. The maximum Gasteiger partial charge on any atom is 0.313 e. The minimum atomic E-state index is -0.870. The number of carboxylic acid groups (broad SMARTS) is 1. The number of hydrogen-bond acceptors (Lipinski definition) is 5. The van der Waals surface area contributed by atoms with Gasteiger partial charge >= 0.3 is 5.97 Å². The molecule has 0 aliphatic heterocycles. The first-order valence-corrected chi connectivity index (χ1v) is 8.26. The Bertz CT molecular complexity index is 786. The molecule has 0 fully saturated rings. The van der Waals surface area contributed by atoms with Crippen molar-refractivity contribution in [3.8, 4) is 0 Å². The van der Waals surface area contributed by atoms with Gasteiger partial charge in [-0.25, -0.2) is 9.97 Å². The normalized spacial score (nSPS) is 11.1. The van der Waals surface area contributed by atoms with Crippen molar-refractivity contribution in [3.63, 3.8) is 0 Å².